The first-order valence-electron chi connectivity index (χ1n) is 3.59. The fourth-order valence-corrected chi connectivity index (χ4v) is 1.12. The molecule has 1 heterocycles. The molecule has 0 radical (unpaired) electrons. The molecular weight excluding hydrogens is 175 g/mol. The molecule has 0 amide bonds. The lowest BCUT2D eigenvalue weighted by Crippen LogP contribution is -1.95. The van der Waals surface area contributed by atoms with E-state index in [1.165, 1.54) is 12.1 Å². The minimum atomic E-state index is -0.612. The lowest BCUT2D eigenvalue weighted by atomic mass is 10.2. The largest absolute Gasteiger partial charge is 0.508 e. The van der Waals surface area contributed by atoms with Gasteiger partial charge in [0.2, 0.25) is 0 Å². The Hall–Kier alpha value is -1.84. The molecule has 1 aromatic carbocycles. The molecule has 0 unspecified atom stereocenters. The van der Waals surface area contributed by atoms with Crippen molar-refractivity contribution in [2.45, 2.75) is 0 Å². The predicted octanol–water partition coefficient (Wildman–Crippen LogP) is 1.64. The molecule has 1 N–H and O–H groups in total. The summed E-state index contributed by atoms with van der Waals surface area (Å²) in [4.78, 5) is 10.7. The van der Waals surface area contributed by atoms with Crippen molar-refractivity contribution in [1.82, 2.24) is 0 Å². The number of aromatic hydroxyl groups is 1. The lowest BCUT2D eigenvalue weighted by molar-refractivity contribution is 0.467. The number of rotatable bonds is 0. The third kappa shape index (κ3) is 1.26. The van der Waals surface area contributed by atoms with Gasteiger partial charge >= 0.3 is 5.63 Å². The molecule has 0 aliphatic carbocycles. The van der Waals surface area contributed by atoms with E-state index < -0.39 is 11.4 Å². The average Bonchev–Trinajstić information content (AvgIpc) is 2.02. The summed E-state index contributed by atoms with van der Waals surface area (Å²) in [5.74, 6) is -0.877. The highest BCUT2D eigenvalue weighted by Gasteiger charge is 2.04. The number of hydrogen-bond acceptors (Lipinski definition) is 3. The smallest absolute Gasteiger partial charge is 0.336 e. The molecule has 0 saturated carbocycles. The average molecular weight is 180 g/mol. The van der Waals surface area contributed by atoms with Crippen LogP contribution in [0.2, 0.25) is 0 Å². The number of halogens is 1. The lowest BCUT2D eigenvalue weighted by Gasteiger charge is -1.97. The normalized spacial score (nSPS) is 10.5. The van der Waals surface area contributed by atoms with Crippen molar-refractivity contribution in [3.05, 3.63) is 40.5 Å². The van der Waals surface area contributed by atoms with Gasteiger partial charge in [-0.25, -0.2) is 9.18 Å². The second kappa shape index (κ2) is 2.58. The van der Waals surface area contributed by atoms with Gasteiger partial charge in [0.1, 0.15) is 17.1 Å². The van der Waals surface area contributed by atoms with Crippen molar-refractivity contribution in [2.24, 2.45) is 0 Å². The predicted molar refractivity (Wildman–Crippen MR) is 44.1 cm³/mol. The number of benzene rings is 1. The van der Waals surface area contributed by atoms with Crippen LogP contribution in [0.4, 0.5) is 4.39 Å². The maximum Gasteiger partial charge on any atom is 0.336 e. The van der Waals surface area contributed by atoms with Crippen molar-refractivity contribution in [2.75, 3.05) is 0 Å². The highest BCUT2D eigenvalue weighted by Crippen LogP contribution is 2.21. The molecule has 0 bridgehead atoms. The van der Waals surface area contributed by atoms with Crippen molar-refractivity contribution in [1.29, 1.82) is 0 Å². The van der Waals surface area contributed by atoms with Crippen LogP contribution in [0.1, 0.15) is 0 Å². The van der Waals surface area contributed by atoms with Crippen molar-refractivity contribution < 1.29 is 13.9 Å². The minimum absolute atomic E-state index is 0.0463. The van der Waals surface area contributed by atoms with E-state index in [1.54, 1.807) is 0 Å². The summed E-state index contributed by atoms with van der Waals surface area (Å²) in [6, 6.07) is 4.60. The minimum Gasteiger partial charge on any atom is -0.508 e. The van der Waals surface area contributed by atoms with E-state index in [9.17, 15) is 9.18 Å². The Bertz CT molecular complexity index is 516. The molecule has 0 aliphatic rings. The molecule has 0 fully saturated rings. The van der Waals surface area contributed by atoms with E-state index in [-0.39, 0.29) is 16.7 Å². The molecule has 0 saturated heterocycles. The van der Waals surface area contributed by atoms with Crippen LogP contribution < -0.4 is 5.63 Å². The number of fused-ring (bicyclic) bond motifs is 1. The van der Waals surface area contributed by atoms with Crippen molar-refractivity contribution in [3.8, 4) is 5.75 Å². The maximum absolute atomic E-state index is 13.1. The van der Waals surface area contributed by atoms with Gasteiger partial charge in [0.05, 0.1) is 5.39 Å². The van der Waals surface area contributed by atoms with Gasteiger partial charge in [0.25, 0.3) is 0 Å². The van der Waals surface area contributed by atoms with Gasteiger partial charge in [-0.15, -0.1) is 0 Å². The van der Waals surface area contributed by atoms with Gasteiger partial charge in [-0.2, -0.15) is 0 Å². The third-order valence-electron chi connectivity index (χ3n) is 1.67. The van der Waals surface area contributed by atoms with E-state index in [0.717, 1.165) is 12.1 Å². The summed E-state index contributed by atoms with van der Waals surface area (Å²) in [6.45, 7) is 0. The molecule has 0 spiro atoms. The standard InChI is InChI=1S/C9H5FO3/c10-7-3-5(11)4-8-6(7)1-2-9(12)13-8/h1-4,11H. The SMILES string of the molecule is O=c1ccc2c(F)cc(O)cc2o1. The van der Waals surface area contributed by atoms with Crippen LogP contribution in [0.5, 0.6) is 5.75 Å². The van der Waals surface area contributed by atoms with Crippen LogP contribution in [-0.4, -0.2) is 5.11 Å². The van der Waals surface area contributed by atoms with E-state index in [2.05, 4.69) is 4.42 Å². The summed E-state index contributed by atoms with van der Waals surface area (Å²) in [7, 11) is 0. The molecule has 0 aliphatic heterocycles. The zero-order valence-corrected chi connectivity index (χ0v) is 6.45. The molecule has 2 rings (SSSR count). The topological polar surface area (TPSA) is 50.4 Å². The zero-order valence-electron chi connectivity index (χ0n) is 6.45. The van der Waals surface area contributed by atoms with E-state index in [1.807, 2.05) is 0 Å². The summed E-state index contributed by atoms with van der Waals surface area (Å²) >= 11 is 0. The second-order valence-electron chi connectivity index (χ2n) is 2.59. The van der Waals surface area contributed by atoms with E-state index in [0.29, 0.717) is 0 Å². The van der Waals surface area contributed by atoms with Gasteiger partial charge in [-0.3, -0.25) is 0 Å². The summed E-state index contributed by atoms with van der Waals surface area (Å²) in [6.07, 6.45) is 0. The Morgan fingerprint density at radius 3 is 2.85 bits per heavy atom. The highest BCUT2D eigenvalue weighted by molar-refractivity contribution is 5.78. The number of phenols is 1. The maximum atomic E-state index is 13.1. The van der Waals surface area contributed by atoms with Crippen molar-refractivity contribution >= 4 is 11.0 Å². The fraction of sp³-hybridized carbons (Fsp3) is 0. The molecule has 1 aromatic heterocycles. The van der Waals surface area contributed by atoms with E-state index >= 15 is 0 Å². The van der Waals surface area contributed by atoms with Crippen LogP contribution in [-0.2, 0) is 0 Å². The van der Waals surface area contributed by atoms with Crippen LogP contribution in [0.15, 0.2) is 33.5 Å². The molecular formula is C9H5FO3. The summed E-state index contributed by atoms with van der Waals surface area (Å²) < 4.78 is 17.7. The second-order valence-corrected chi connectivity index (χ2v) is 2.59. The van der Waals surface area contributed by atoms with Crippen LogP contribution in [0.25, 0.3) is 11.0 Å². The Labute approximate surface area is 72.0 Å². The van der Waals surface area contributed by atoms with E-state index in [4.69, 9.17) is 5.11 Å². The molecule has 0 atom stereocenters. The quantitative estimate of drug-likeness (QED) is 0.627. The summed E-state index contributed by atoms with van der Waals surface area (Å²) in [5, 5.41) is 9.18. The highest BCUT2D eigenvalue weighted by atomic mass is 19.1. The van der Waals surface area contributed by atoms with Crippen LogP contribution in [0.3, 0.4) is 0 Å². The number of phenolic OH excluding ortho intramolecular Hbond substituents is 1. The third-order valence-corrected chi connectivity index (χ3v) is 1.67. The zero-order chi connectivity index (χ0) is 9.42. The van der Waals surface area contributed by atoms with Gasteiger partial charge in [0.15, 0.2) is 0 Å². The van der Waals surface area contributed by atoms with Crippen LogP contribution in [0, 0.1) is 5.82 Å². The Morgan fingerprint density at radius 2 is 2.08 bits per heavy atom. The van der Waals surface area contributed by atoms with Gasteiger partial charge in [-0.05, 0) is 6.07 Å². The van der Waals surface area contributed by atoms with Gasteiger partial charge in [-0.1, -0.05) is 0 Å². The molecule has 13 heavy (non-hydrogen) atoms. The van der Waals surface area contributed by atoms with Gasteiger partial charge < -0.3 is 9.52 Å². The van der Waals surface area contributed by atoms with Gasteiger partial charge in [0, 0.05) is 18.2 Å². The Balaban J connectivity index is 2.94. The first kappa shape index (κ1) is 7.79. The first-order chi connectivity index (χ1) is 6.16. The summed E-state index contributed by atoms with van der Waals surface area (Å²) in [5.41, 5.74) is -0.525. The molecule has 3 nitrogen and oxygen atoms in total. The molecule has 66 valence electrons. The fourth-order valence-electron chi connectivity index (χ4n) is 1.12. The van der Waals surface area contributed by atoms with Crippen LogP contribution >= 0.6 is 0 Å². The number of hydrogen-bond donors (Lipinski definition) is 1. The van der Waals surface area contributed by atoms with Crippen molar-refractivity contribution in [3.63, 3.8) is 0 Å². The Morgan fingerprint density at radius 1 is 1.31 bits per heavy atom. The molecule has 2 aromatic rings. The Kier molecular flexibility index (Phi) is 1.55. The first-order valence-corrected chi connectivity index (χ1v) is 3.59. The monoisotopic (exact) mass is 180 g/mol. The molecule has 4 heteroatoms.